The average Bonchev–Trinajstić information content (AvgIpc) is 2.67. The Hall–Kier alpha value is -2.13. The van der Waals surface area contributed by atoms with Crippen LogP contribution in [0.5, 0.6) is 0 Å². The molecule has 0 aromatic heterocycles. The number of nitro benzene ring substituents is 1. The van der Waals surface area contributed by atoms with Crippen molar-refractivity contribution in [1.82, 2.24) is 4.90 Å². The number of benzene rings is 1. The summed E-state index contributed by atoms with van der Waals surface area (Å²) >= 11 is 0. The van der Waals surface area contributed by atoms with Crippen LogP contribution in [0, 0.1) is 21.4 Å². The van der Waals surface area contributed by atoms with Gasteiger partial charge in [-0.05, 0) is 38.6 Å². The maximum absolute atomic E-state index is 11.1. The molecule has 1 aliphatic rings. The molecule has 0 bridgehead atoms. The van der Waals surface area contributed by atoms with E-state index in [4.69, 9.17) is 5.26 Å². The molecule has 0 aliphatic carbocycles. The van der Waals surface area contributed by atoms with Crippen molar-refractivity contribution in [2.75, 3.05) is 31.6 Å². The molecule has 6 heteroatoms. The van der Waals surface area contributed by atoms with E-state index in [0.29, 0.717) is 6.04 Å². The predicted octanol–water partition coefficient (Wildman–Crippen LogP) is 2.39. The van der Waals surface area contributed by atoms with E-state index in [0.717, 1.165) is 38.2 Å². The third-order valence-electron chi connectivity index (χ3n) is 4.00. The molecular formula is C15H20N4O2. The molecule has 0 radical (unpaired) electrons. The minimum atomic E-state index is -0.479. The van der Waals surface area contributed by atoms with Gasteiger partial charge in [0.1, 0.15) is 11.6 Å². The first-order chi connectivity index (χ1) is 10.1. The van der Waals surface area contributed by atoms with Crippen LogP contribution in [0.15, 0.2) is 18.2 Å². The summed E-state index contributed by atoms with van der Waals surface area (Å²) < 4.78 is 0. The van der Waals surface area contributed by atoms with Crippen LogP contribution in [-0.2, 0) is 0 Å². The molecule has 6 nitrogen and oxygen atoms in total. The topological polar surface area (TPSA) is 73.4 Å². The summed E-state index contributed by atoms with van der Waals surface area (Å²) in [4.78, 5) is 15.2. The minimum Gasteiger partial charge on any atom is -0.367 e. The Morgan fingerprint density at radius 3 is 2.86 bits per heavy atom. The molecule has 1 aromatic carbocycles. The van der Waals surface area contributed by atoms with Crippen LogP contribution in [0.4, 0.5) is 11.4 Å². The number of anilines is 1. The molecule has 1 aliphatic heterocycles. The Morgan fingerprint density at radius 1 is 1.48 bits per heavy atom. The second-order valence-electron chi connectivity index (χ2n) is 5.44. The molecule has 112 valence electrons. The normalized spacial score (nSPS) is 19.9. The van der Waals surface area contributed by atoms with E-state index in [2.05, 4.69) is 23.8 Å². The van der Waals surface area contributed by atoms with Crippen LogP contribution >= 0.6 is 0 Å². The summed E-state index contributed by atoms with van der Waals surface area (Å²) in [6, 6.07) is 7.12. The molecule has 1 fully saturated rings. The standard InChI is InChI=1S/C15H20N4O2/c1-3-13-11-17(2)7-4-8-18(13)14-6-5-12(10-16)15(9-14)19(20)21/h5-6,9,13H,3-4,7-8,11H2,1-2H3. The van der Waals surface area contributed by atoms with Crippen molar-refractivity contribution in [1.29, 1.82) is 5.26 Å². The summed E-state index contributed by atoms with van der Waals surface area (Å²) in [6.45, 7) is 5.00. The first kappa shape index (κ1) is 15.3. The highest BCUT2D eigenvalue weighted by Crippen LogP contribution is 2.28. The van der Waals surface area contributed by atoms with E-state index in [9.17, 15) is 10.1 Å². The molecule has 1 unspecified atom stereocenters. The van der Waals surface area contributed by atoms with Gasteiger partial charge in [0, 0.05) is 30.9 Å². The van der Waals surface area contributed by atoms with Crippen LogP contribution in [0.25, 0.3) is 0 Å². The molecule has 1 aromatic rings. The summed E-state index contributed by atoms with van der Waals surface area (Å²) in [5, 5.41) is 20.1. The Balaban J connectivity index is 2.37. The number of nitriles is 1. The fourth-order valence-electron chi connectivity index (χ4n) is 2.88. The molecule has 1 saturated heterocycles. The van der Waals surface area contributed by atoms with Crippen molar-refractivity contribution < 1.29 is 4.92 Å². The first-order valence-electron chi connectivity index (χ1n) is 7.20. The lowest BCUT2D eigenvalue weighted by molar-refractivity contribution is -0.385. The summed E-state index contributed by atoms with van der Waals surface area (Å²) in [7, 11) is 2.10. The first-order valence-corrected chi connectivity index (χ1v) is 7.20. The number of nitrogens with zero attached hydrogens (tertiary/aromatic N) is 4. The van der Waals surface area contributed by atoms with Crippen molar-refractivity contribution in [2.24, 2.45) is 0 Å². The van der Waals surface area contributed by atoms with E-state index >= 15 is 0 Å². The number of hydrogen-bond acceptors (Lipinski definition) is 5. The number of rotatable bonds is 3. The zero-order valence-corrected chi connectivity index (χ0v) is 12.5. The molecule has 0 amide bonds. The third kappa shape index (κ3) is 3.31. The Labute approximate surface area is 124 Å². The minimum absolute atomic E-state index is 0.109. The van der Waals surface area contributed by atoms with Crippen LogP contribution < -0.4 is 4.90 Å². The fourth-order valence-corrected chi connectivity index (χ4v) is 2.88. The van der Waals surface area contributed by atoms with E-state index in [-0.39, 0.29) is 11.3 Å². The Morgan fingerprint density at radius 2 is 2.24 bits per heavy atom. The largest absolute Gasteiger partial charge is 0.367 e. The predicted molar refractivity (Wildman–Crippen MR) is 81.4 cm³/mol. The molecular weight excluding hydrogens is 268 g/mol. The highest BCUT2D eigenvalue weighted by Gasteiger charge is 2.24. The van der Waals surface area contributed by atoms with Crippen molar-refractivity contribution >= 4 is 11.4 Å². The molecule has 1 heterocycles. The second-order valence-corrected chi connectivity index (χ2v) is 5.44. The highest BCUT2D eigenvalue weighted by molar-refractivity contribution is 5.60. The van der Waals surface area contributed by atoms with Crippen molar-refractivity contribution in [3.05, 3.63) is 33.9 Å². The van der Waals surface area contributed by atoms with Gasteiger partial charge in [0.25, 0.3) is 5.69 Å². The lowest BCUT2D eigenvalue weighted by Gasteiger charge is -2.32. The summed E-state index contributed by atoms with van der Waals surface area (Å²) in [5.41, 5.74) is 0.842. The van der Waals surface area contributed by atoms with Gasteiger partial charge >= 0.3 is 0 Å². The van der Waals surface area contributed by atoms with Gasteiger partial charge < -0.3 is 9.80 Å². The Kier molecular flexibility index (Phi) is 4.76. The second kappa shape index (κ2) is 6.55. The molecule has 21 heavy (non-hydrogen) atoms. The lowest BCUT2D eigenvalue weighted by Crippen LogP contribution is -2.39. The number of hydrogen-bond donors (Lipinski definition) is 0. The van der Waals surface area contributed by atoms with Crippen molar-refractivity contribution in [2.45, 2.75) is 25.8 Å². The number of nitro groups is 1. The fraction of sp³-hybridized carbons (Fsp3) is 0.533. The van der Waals surface area contributed by atoms with Gasteiger partial charge in [-0.2, -0.15) is 5.26 Å². The zero-order valence-electron chi connectivity index (χ0n) is 12.5. The number of likely N-dealkylation sites (N-methyl/N-ethyl adjacent to an activating group) is 1. The highest BCUT2D eigenvalue weighted by atomic mass is 16.6. The summed E-state index contributed by atoms with van der Waals surface area (Å²) in [5.74, 6) is 0. The van der Waals surface area contributed by atoms with E-state index in [1.807, 2.05) is 12.1 Å². The maximum atomic E-state index is 11.1. The van der Waals surface area contributed by atoms with Crippen LogP contribution in [0.3, 0.4) is 0 Å². The van der Waals surface area contributed by atoms with Gasteiger partial charge in [-0.25, -0.2) is 0 Å². The van der Waals surface area contributed by atoms with Gasteiger partial charge in [-0.15, -0.1) is 0 Å². The van der Waals surface area contributed by atoms with Gasteiger partial charge in [0.05, 0.1) is 4.92 Å². The van der Waals surface area contributed by atoms with E-state index in [1.54, 1.807) is 6.07 Å². The molecule has 0 saturated carbocycles. The average molecular weight is 288 g/mol. The molecule has 1 atom stereocenters. The van der Waals surface area contributed by atoms with Crippen molar-refractivity contribution in [3.8, 4) is 6.07 Å². The van der Waals surface area contributed by atoms with Crippen LogP contribution in [0.1, 0.15) is 25.3 Å². The SMILES string of the molecule is CCC1CN(C)CCCN1c1ccc(C#N)c([N+](=O)[O-])c1. The Bertz CT molecular complexity index is 567. The van der Waals surface area contributed by atoms with E-state index < -0.39 is 4.92 Å². The molecule has 2 rings (SSSR count). The van der Waals surface area contributed by atoms with Gasteiger partial charge in [0.2, 0.25) is 0 Å². The zero-order chi connectivity index (χ0) is 15.4. The summed E-state index contributed by atoms with van der Waals surface area (Å²) in [6.07, 6.45) is 2.01. The monoisotopic (exact) mass is 288 g/mol. The maximum Gasteiger partial charge on any atom is 0.289 e. The quantitative estimate of drug-likeness (QED) is 0.630. The van der Waals surface area contributed by atoms with Gasteiger partial charge in [-0.3, -0.25) is 10.1 Å². The molecule has 0 spiro atoms. The van der Waals surface area contributed by atoms with Crippen LogP contribution in [-0.4, -0.2) is 42.5 Å². The lowest BCUT2D eigenvalue weighted by atomic mass is 10.1. The van der Waals surface area contributed by atoms with Gasteiger partial charge in [0.15, 0.2) is 0 Å². The van der Waals surface area contributed by atoms with Crippen molar-refractivity contribution in [3.63, 3.8) is 0 Å². The molecule has 0 N–H and O–H groups in total. The smallest absolute Gasteiger partial charge is 0.289 e. The van der Waals surface area contributed by atoms with E-state index in [1.165, 1.54) is 6.07 Å². The van der Waals surface area contributed by atoms with Gasteiger partial charge in [-0.1, -0.05) is 6.92 Å². The third-order valence-corrected chi connectivity index (χ3v) is 4.00. The van der Waals surface area contributed by atoms with Crippen LogP contribution in [0.2, 0.25) is 0 Å².